The predicted molar refractivity (Wildman–Crippen MR) is 54.2 cm³/mol. The number of aromatic nitrogens is 1. The summed E-state index contributed by atoms with van der Waals surface area (Å²) in [4.78, 5) is 11.3. The van der Waals surface area contributed by atoms with Crippen LogP contribution in [0.3, 0.4) is 0 Å². The van der Waals surface area contributed by atoms with Crippen LogP contribution in [0.25, 0.3) is 10.9 Å². The highest BCUT2D eigenvalue weighted by Gasteiger charge is 2.01. The fourth-order valence-corrected chi connectivity index (χ4v) is 1.71. The number of hydrogen-bond acceptors (Lipinski definition) is 1. The maximum absolute atomic E-state index is 11.3. The minimum Gasteiger partial charge on any atom is -0.310 e. The van der Waals surface area contributed by atoms with Gasteiger partial charge in [0.25, 0.3) is 5.56 Å². The molecule has 3 heteroatoms. The van der Waals surface area contributed by atoms with Gasteiger partial charge in [-0.05, 0) is 17.5 Å². The Balaban J connectivity index is 3.05. The largest absolute Gasteiger partial charge is 0.310 e. The molecule has 0 aliphatic rings. The molecule has 0 spiro atoms. The Morgan fingerprint density at radius 1 is 1.23 bits per heavy atom. The number of aryl methyl sites for hydroxylation is 1. The lowest BCUT2D eigenvalue weighted by molar-refractivity contribution is 0.906. The first-order valence-corrected chi connectivity index (χ1v) is 4.32. The van der Waals surface area contributed by atoms with E-state index in [2.05, 4.69) is 0 Å². The number of nitrogens with zero attached hydrogens (tertiary/aromatic N) is 1. The molecule has 0 amide bonds. The molecule has 1 heterocycles. The minimum atomic E-state index is -0.0411. The molecule has 0 aliphatic heterocycles. The van der Waals surface area contributed by atoms with E-state index in [-0.39, 0.29) is 5.56 Å². The van der Waals surface area contributed by atoms with E-state index in [4.69, 9.17) is 11.6 Å². The third-order valence-electron chi connectivity index (χ3n) is 2.09. The second kappa shape index (κ2) is 2.89. The van der Waals surface area contributed by atoms with Crippen molar-refractivity contribution in [2.75, 3.05) is 0 Å². The van der Waals surface area contributed by atoms with Crippen LogP contribution in [0.4, 0.5) is 0 Å². The Morgan fingerprint density at radius 2 is 2.00 bits per heavy atom. The van der Waals surface area contributed by atoms with Crippen LogP contribution in [0.15, 0.2) is 35.1 Å². The number of fused-ring (bicyclic) bond motifs is 1. The van der Waals surface area contributed by atoms with Gasteiger partial charge in [0.05, 0.1) is 10.5 Å². The summed E-state index contributed by atoms with van der Waals surface area (Å²) in [6, 6.07) is 8.90. The molecule has 1 aromatic heterocycles. The molecule has 0 unspecified atom stereocenters. The van der Waals surface area contributed by atoms with E-state index in [1.54, 1.807) is 29.8 Å². The van der Waals surface area contributed by atoms with Gasteiger partial charge in [0.2, 0.25) is 0 Å². The zero-order chi connectivity index (χ0) is 9.42. The Kier molecular flexibility index (Phi) is 1.85. The van der Waals surface area contributed by atoms with Crippen molar-refractivity contribution in [3.63, 3.8) is 0 Å². The van der Waals surface area contributed by atoms with Crippen LogP contribution in [0.5, 0.6) is 0 Å². The highest BCUT2D eigenvalue weighted by molar-refractivity contribution is 6.35. The molecule has 0 N–H and O–H groups in total. The molecular weight excluding hydrogens is 186 g/mol. The summed E-state index contributed by atoms with van der Waals surface area (Å²) in [6.07, 6.45) is 0. The van der Waals surface area contributed by atoms with Gasteiger partial charge in [-0.15, -0.1) is 0 Å². The molecule has 2 rings (SSSR count). The van der Waals surface area contributed by atoms with E-state index < -0.39 is 0 Å². The molecule has 0 bridgehead atoms. The van der Waals surface area contributed by atoms with E-state index in [0.717, 1.165) is 10.9 Å². The molecule has 0 atom stereocenters. The maximum atomic E-state index is 11.3. The first kappa shape index (κ1) is 8.32. The zero-order valence-electron chi connectivity index (χ0n) is 7.12. The quantitative estimate of drug-likeness (QED) is 0.629. The van der Waals surface area contributed by atoms with Crippen molar-refractivity contribution in [2.24, 2.45) is 7.05 Å². The summed E-state index contributed by atoms with van der Waals surface area (Å²) in [6.45, 7) is 0. The lowest BCUT2D eigenvalue weighted by Crippen LogP contribution is -2.15. The summed E-state index contributed by atoms with van der Waals surface area (Å²) in [5.41, 5.74) is 0.747. The Bertz CT molecular complexity index is 516. The van der Waals surface area contributed by atoms with Gasteiger partial charge in [0, 0.05) is 13.1 Å². The summed E-state index contributed by atoms with van der Waals surface area (Å²) in [7, 11) is 1.72. The van der Waals surface area contributed by atoms with Crippen LogP contribution in [0.2, 0.25) is 5.02 Å². The van der Waals surface area contributed by atoms with E-state index in [1.165, 1.54) is 0 Å². The molecular formula is C10H8ClNO. The van der Waals surface area contributed by atoms with Crippen molar-refractivity contribution in [2.45, 2.75) is 0 Å². The number of pyridine rings is 1. The number of benzene rings is 1. The summed E-state index contributed by atoms with van der Waals surface area (Å²) >= 11 is 5.97. The third kappa shape index (κ3) is 1.23. The van der Waals surface area contributed by atoms with E-state index in [9.17, 15) is 4.79 Å². The molecule has 1 aromatic carbocycles. The average Bonchev–Trinajstić information content (AvgIpc) is 2.12. The monoisotopic (exact) mass is 193 g/mol. The van der Waals surface area contributed by atoms with Crippen molar-refractivity contribution in [1.29, 1.82) is 0 Å². The highest BCUT2D eigenvalue weighted by atomic mass is 35.5. The van der Waals surface area contributed by atoms with Crippen LogP contribution < -0.4 is 5.56 Å². The van der Waals surface area contributed by atoms with Crippen LogP contribution in [-0.4, -0.2) is 4.57 Å². The number of halogens is 1. The fourth-order valence-electron chi connectivity index (χ4n) is 1.40. The Hall–Kier alpha value is -1.28. The molecule has 0 fully saturated rings. The number of rotatable bonds is 0. The van der Waals surface area contributed by atoms with Gasteiger partial charge in [-0.25, -0.2) is 0 Å². The van der Waals surface area contributed by atoms with Gasteiger partial charge in [-0.3, -0.25) is 4.79 Å². The standard InChI is InChI=1S/C10H8ClNO/c1-12-9(13)6-5-7-3-2-4-8(11)10(7)12/h2-6H,1H3. The Labute approximate surface area is 80.4 Å². The molecule has 0 aliphatic carbocycles. The molecule has 2 nitrogen and oxygen atoms in total. The third-order valence-corrected chi connectivity index (χ3v) is 2.39. The molecule has 0 radical (unpaired) electrons. The van der Waals surface area contributed by atoms with Gasteiger partial charge in [0.1, 0.15) is 0 Å². The second-order valence-corrected chi connectivity index (χ2v) is 3.32. The lowest BCUT2D eigenvalue weighted by atomic mass is 10.2. The Morgan fingerprint density at radius 3 is 2.77 bits per heavy atom. The molecule has 0 saturated heterocycles. The highest BCUT2D eigenvalue weighted by Crippen LogP contribution is 2.20. The number of para-hydroxylation sites is 1. The van der Waals surface area contributed by atoms with Gasteiger partial charge in [-0.2, -0.15) is 0 Å². The normalized spacial score (nSPS) is 10.6. The minimum absolute atomic E-state index is 0.0411. The van der Waals surface area contributed by atoms with Gasteiger partial charge < -0.3 is 4.57 Å². The molecule has 13 heavy (non-hydrogen) atoms. The summed E-state index contributed by atoms with van der Waals surface area (Å²) in [5.74, 6) is 0. The van der Waals surface area contributed by atoms with Crippen LogP contribution in [-0.2, 0) is 7.05 Å². The van der Waals surface area contributed by atoms with E-state index >= 15 is 0 Å². The average molecular weight is 194 g/mol. The van der Waals surface area contributed by atoms with Crippen LogP contribution in [0.1, 0.15) is 0 Å². The second-order valence-electron chi connectivity index (χ2n) is 2.91. The topological polar surface area (TPSA) is 22.0 Å². The van der Waals surface area contributed by atoms with Gasteiger partial charge in [-0.1, -0.05) is 23.7 Å². The van der Waals surface area contributed by atoms with Crippen molar-refractivity contribution in [3.05, 3.63) is 45.7 Å². The van der Waals surface area contributed by atoms with Gasteiger partial charge >= 0.3 is 0 Å². The van der Waals surface area contributed by atoms with Crippen molar-refractivity contribution in [1.82, 2.24) is 4.57 Å². The van der Waals surface area contributed by atoms with E-state index in [0.29, 0.717) is 5.02 Å². The van der Waals surface area contributed by atoms with E-state index in [1.807, 2.05) is 12.1 Å². The summed E-state index contributed by atoms with van der Waals surface area (Å²) < 4.78 is 1.55. The van der Waals surface area contributed by atoms with Crippen molar-refractivity contribution < 1.29 is 0 Å². The number of hydrogen-bond donors (Lipinski definition) is 0. The van der Waals surface area contributed by atoms with Crippen LogP contribution >= 0.6 is 11.6 Å². The molecule has 0 saturated carbocycles. The molecule has 66 valence electrons. The van der Waals surface area contributed by atoms with Crippen molar-refractivity contribution in [3.8, 4) is 0 Å². The fraction of sp³-hybridized carbons (Fsp3) is 0.100. The molecule has 2 aromatic rings. The van der Waals surface area contributed by atoms with Gasteiger partial charge in [0.15, 0.2) is 0 Å². The van der Waals surface area contributed by atoms with Crippen molar-refractivity contribution >= 4 is 22.5 Å². The lowest BCUT2D eigenvalue weighted by Gasteiger charge is -2.04. The van der Waals surface area contributed by atoms with Crippen LogP contribution in [0, 0.1) is 0 Å². The SMILES string of the molecule is Cn1c(=O)ccc2cccc(Cl)c21. The smallest absolute Gasteiger partial charge is 0.250 e. The summed E-state index contributed by atoms with van der Waals surface area (Å²) in [5, 5.41) is 1.59. The predicted octanol–water partition coefficient (Wildman–Crippen LogP) is 2.19. The first-order chi connectivity index (χ1) is 6.20. The first-order valence-electron chi connectivity index (χ1n) is 3.94. The maximum Gasteiger partial charge on any atom is 0.250 e. The zero-order valence-corrected chi connectivity index (χ0v) is 7.88.